The highest BCUT2D eigenvalue weighted by Gasteiger charge is 2.16. The van der Waals surface area contributed by atoms with E-state index in [9.17, 15) is 9.90 Å². The van der Waals surface area contributed by atoms with Gasteiger partial charge in [0, 0.05) is 12.1 Å². The average Bonchev–Trinajstić information content (AvgIpc) is 3.26. The Morgan fingerprint density at radius 1 is 1.07 bits per heavy atom. The lowest BCUT2D eigenvalue weighted by molar-refractivity contribution is -0.130. The number of carboxylic acids is 1. The van der Waals surface area contributed by atoms with Crippen LogP contribution in [0.4, 0.5) is 0 Å². The third kappa shape index (κ3) is 5.29. The molecule has 29 heavy (non-hydrogen) atoms. The Hall–Kier alpha value is -2.99. The van der Waals surface area contributed by atoms with Gasteiger partial charge in [-0.05, 0) is 55.8 Å². The van der Waals surface area contributed by atoms with E-state index >= 15 is 0 Å². The van der Waals surface area contributed by atoms with Crippen molar-refractivity contribution in [2.45, 2.75) is 12.8 Å². The monoisotopic (exact) mass is 397 g/mol. The van der Waals surface area contributed by atoms with Crippen molar-refractivity contribution in [1.82, 2.24) is 4.90 Å². The lowest BCUT2D eigenvalue weighted by Gasteiger charge is -2.18. The first-order valence-corrected chi connectivity index (χ1v) is 9.74. The van der Waals surface area contributed by atoms with E-state index in [0.29, 0.717) is 35.0 Å². The van der Waals surface area contributed by atoms with Crippen LogP contribution >= 0.6 is 0 Å². The van der Waals surface area contributed by atoms with Crippen LogP contribution in [0.1, 0.15) is 24.0 Å². The Balaban J connectivity index is 1.88. The van der Waals surface area contributed by atoms with Crippen LogP contribution in [0.5, 0.6) is 17.2 Å². The zero-order valence-corrected chi connectivity index (χ0v) is 16.9. The molecule has 1 aliphatic rings. The summed E-state index contributed by atoms with van der Waals surface area (Å²) in [5.74, 6) is 0.799. The van der Waals surface area contributed by atoms with E-state index in [0.717, 1.165) is 19.6 Å². The summed E-state index contributed by atoms with van der Waals surface area (Å²) in [6, 6.07) is 12.4. The minimum absolute atomic E-state index is 0.172. The lowest BCUT2D eigenvalue weighted by atomic mass is 10.0. The maximum absolute atomic E-state index is 11.9. The van der Waals surface area contributed by atoms with Gasteiger partial charge in [-0.15, -0.1) is 0 Å². The molecule has 2 aromatic carbocycles. The number of carboxylic acid groups (broad SMARTS) is 1. The summed E-state index contributed by atoms with van der Waals surface area (Å²) in [6.07, 6.45) is 4.08. The number of ether oxygens (including phenoxy) is 3. The van der Waals surface area contributed by atoms with E-state index < -0.39 is 5.97 Å². The van der Waals surface area contributed by atoms with Gasteiger partial charge in [0.1, 0.15) is 12.4 Å². The fraction of sp³-hybridized carbons (Fsp3) is 0.348. The van der Waals surface area contributed by atoms with Gasteiger partial charge >= 0.3 is 5.97 Å². The molecule has 0 aliphatic carbocycles. The second-order valence-corrected chi connectivity index (χ2v) is 6.87. The standard InChI is InChI=1S/C23H27NO5/c1-27-19-10-8-17(9-11-19)20(23(25)26)16-18-6-5-7-21(28-2)22(18)29-15-14-24-12-3-4-13-24/h5-11,16H,3-4,12-15H2,1-2H3,(H,25,26)/b20-16-. The normalized spacial score (nSPS) is 14.6. The fourth-order valence-corrected chi connectivity index (χ4v) is 3.44. The summed E-state index contributed by atoms with van der Waals surface area (Å²) in [6.45, 7) is 3.56. The predicted octanol–water partition coefficient (Wildman–Crippen LogP) is 3.80. The molecule has 6 nitrogen and oxygen atoms in total. The van der Waals surface area contributed by atoms with Crippen LogP contribution in [-0.4, -0.2) is 56.4 Å². The topological polar surface area (TPSA) is 68.2 Å². The van der Waals surface area contributed by atoms with Gasteiger partial charge in [-0.1, -0.05) is 24.3 Å². The van der Waals surface area contributed by atoms with Crippen molar-refractivity contribution in [3.63, 3.8) is 0 Å². The van der Waals surface area contributed by atoms with Gasteiger partial charge in [-0.3, -0.25) is 4.90 Å². The first-order valence-electron chi connectivity index (χ1n) is 9.74. The van der Waals surface area contributed by atoms with Crippen molar-refractivity contribution in [1.29, 1.82) is 0 Å². The lowest BCUT2D eigenvalue weighted by Crippen LogP contribution is -2.25. The van der Waals surface area contributed by atoms with Crippen molar-refractivity contribution in [2.24, 2.45) is 0 Å². The number of rotatable bonds is 9. The molecule has 0 aromatic heterocycles. The van der Waals surface area contributed by atoms with Gasteiger partial charge in [-0.2, -0.15) is 0 Å². The summed E-state index contributed by atoms with van der Waals surface area (Å²) < 4.78 is 16.7. The smallest absolute Gasteiger partial charge is 0.336 e. The zero-order chi connectivity index (χ0) is 20.6. The van der Waals surface area contributed by atoms with E-state index in [-0.39, 0.29) is 5.57 Å². The van der Waals surface area contributed by atoms with E-state index in [2.05, 4.69) is 4.90 Å². The van der Waals surface area contributed by atoms with Crippen LogP contribution in [0, 0.1) is 0 Å². The Labute approximate surface area is 171 Å². The number of likely N-dealkylation sites (tertiary alicyclic amines) is 1. The maximum atomic E-state index is 11.9. The van der Waals surface area contributed by atoms with E-state index in [4.69, 9.17) is 14.2 Å². The summed E-state index contributed by atoms with van der Waals surface area (Å²) >= 11 is 0. The summed E-state index contributed by atoms with van der Waals surface area (Å²) in [7, 11) is 3.16. The summed E-state index contributed by atoms with van der Waals surface area (Å²) in [5, 5.41) is 9.77. The maximum Gasteiger partial charge on any atom is 0.336 e. The molecule has 6 heteroatoms. The predicted molar refractivity (Wildman–Crippen MR) is 113 cm³/mol. The molecule has 2 aromatic rings. The molecule has 0 atom stereocenters. The Kier molecular flexibility index (Phi) is 7.14. The van der Waals surface area contributed by atoms with E-state index in [1.807, 2.05) is 18.2 Å². The number of methoxy groups -OCH3 is 2. The molecule has 1 aliphatic heterocycles. The van der Waals surface area contributed by atoms with E-state index in [1.54, 1.807) is 44.6 Å². The van der Waals surface area contributed by atoms with E-state index in [1.165, 1.54) is 12.8 Å². The molecule has 1 N–H and O–H groups in total. The molecule has 0 bridgehead atoms. The summed E-state index contributed by atoms with van der Waals surface area (Å²) in [4.78, 5) is 14.3. The number of nitrogens with zero attached hydrogens (tertiary/aromatic N) is 1. The molecule has 1 fully saturated rings. The molecule has 154 valence electrons. The van der Waals surface area contributed by atoms with Gasteiger partial charge in [0.2, 0.25) is 0 Å². The molecule has 3 rings (SSSR count). The minimum Gasteiger partial charge on any atom is -0.497 e. The number of hydrogen-bond donors (Lipinski definition) is 1. The number of para-hydroxylation sites is 1. The van der Waals surface area contributed by atoms with Crippen molar-refractivity contribution in [3.8, 4) is 17.2 Å². The van der Waals surface area contributed by atoms with Gasteiger partial charge < -0.3 is 19.3 Å². The molecular weight excluding hydrogens is 370 g/mol. The van der Waals surface area contributed by atoms with Gasteiger partial charge in [0.05, 0.1) is 19.8 Å². The van der Waals surface area contributed by atoms with Crippen LogP contribution in [0.25, 0.3) is 11.6 Å². The molecule has 0 radical (unpaired) electrons. The van der Waals surface area contributed by atoms with Crippen LogP contribution in [-0.2, 0) is 4.79 Å². The fourth-order valence-electron chi connectivity index (χ4n) is 3.44. The number of aliphatic carboxylic acids is 1. The highest BCUT2D eigenvalue weighted by Crippen LogP contribution is 2.34. The number of hydrogen-bond acceptors (Lipinski definition) is 5. The Morgan fingerprint density at radius 2 is 1.79 bits per heavy atom. The molecule has 0 amide bonds. The number of benzene rings is 2. The van der Waals surface area contributed by atoms with Crippen LogP contribution in [0.3, 0.4) is 0 Å². The molecule has 1 saturated heterocycles. The minimum atomic E-state index is -1.01. The third-order valence-electron chi connectivity index (χ3n) is 5.01. The second-order valence-electron chi connectivity index (χ2n) is 6.87. The highest BCUT2D eigenvalue weighted by molar-refractivity contribution is 6.20. The molecule has 0 spiro atoms. The average molecular weight is 397 g/mol. The second kappa shape index (κ2) is 9.98. The third-order valence-corrected chi connectivity index (χ3v) is 5.01. The van der Waals surface area contributed by atoms with Crippen molar-refractivity contribution in [3.05, 3.63) is 53.6 Å². The molecule has 1 heterocycles. The van der Waals surface area contributed by atoms with Gasteiger partial charge in [-0.25, -0.2) is 4.79 Å². The quantitative estimate of drug-likeness (QED) is 0.513. The largest absolute Gasteiger partial charge is 0.497 e. The highest BCUT2D eigenvalue weighted by atomic mass is 16.5. The number of carbonyl (C=O) groups is 1. The van der Waals surface area contributed by atoms with Gasteiger partial charge in [0.15, 0.2) is 11.5 Å². The molecular formula is C23H27NO5. The van der Waals surface area contributed by atoms with Crippen LogP contribution in [0.15, 0.2) is 42.5 Å². The molecule has 0 saturated carbocycles. The van der Waals surface area contributed by atoms with Crippen molar-refractivity contribution in [2.75, 3.05) is 40.5 Å². The van der Waals surface area contributed by atoms with Crippen molar-refractivity contribution < 1.29 is 24.1 Å². The van der Waals surface area contributed by atoms with Gasteiger partial charge in [0.25, 0.3) is 0 Å². The first kappa shape index (κ1) is 20.7. The Bertz CT molecular complexity index is 854. The zero-order valence-electron chi connectivity index (χ0n) is 16.9. The summed E-state index contributed by atoms with van der Waals surface area (Å²) in [5.41, 5.74) is 1.42. The Morgan fingerprint density at radius 3 is 2.41 bits per heavy atom. The SMILES string of the molecule is COc1ccc(/C(=C/c2cccc(OC)c2OCCN2CCCC2)C(=O)O)cc1. The molecule has 0 unspecified atom stereocenters. The van der Waals surface area contributed by atoms with Crippen LogP contribution in [0.2, 0.25) is 0 Å². The van der Waals surface area contributed by atoms with Crippen LogP contribution < -0.4 is 14.2 Å². The first-order chi connectivity index (χ1) is 14.1. The van der Waals surface area contributed by atoms with Crippen molar-refractivity contribution >= 4 is 17.6 Å².